The standard InChI is InChI=1S/C26H29FN4O4S/c1-26(2,3)35-25(34)31-19-7-6-16(9-19)22(31)24(33)30-18(12-28)8-15-5-4-14(10-20(15)27)17-11-21(23(29)32)36-13-17/h4-5,10-11,13,16,18-19,22H,6-9H2,1-3H3,(H2,29,32)(H,30,33)/t16-,18-,19+,22-/m0/s1. The number of primary amides is 1. The Kier molecular flexibility index (Phi) is 7.05. The number of nitrogens with two attached hydrogens (primary N) is 1. The van der Waals surface area contributed by atoms with Crippen molar-refractivity contribution in [2.24, 2.45) is 11.7 Å². The first-order chi connectivity index (χ1) is 17.0. The maximum atomic E-state index is 14.9. The Morgan fingerprint density at radius 1 is 1.28 bits per heavy atom. The number of likely N-dealkylation sites (tertiary alicyclic amines) is 1. The van der Waals surface area contributed by atoms with Gasteiger partial charge in [0.2, 0.25) is 5.91 Å². The van der Waals surface area contributed by atoms with E-state index in [-0.39, 0.29) is 23.9 Å². The highest BCUT2D eigenvalue weighted by Crippen LogP contribution is 2.43. The van der Waals surface area contributed by atoms with Crippen LogP contribution in [-0.2, 0) is 16.0 Å². The summed E-state index contributed by atoms with van der Waals surface area (Å²) in [5.41, 5.74) is 6.12. The molecule has 1 aliphatic carbocycles. The Bertz CT molecular complexity index is 1230. The Morgan fingerprint density at radius 2 is 2.03 bits per heavy atom. The fourth-order valence-electron chi connectivity index (χ4n) is 5.02. The second-order valence-corrected chi connectivity index (χ2v) is 11.2. The SMILES string of the molecule is CC(C)(C)OC(=O)N1[C@@H]2CC[C@@H](C2)[C@H]1C(=O)N[C@H](C#N)Cc1ccc(-c2csc(C(N)=O)c2)cc1F. The number of nitrogens with zero attached hydrogens (tertiary/aromatic N) is 2. The van der Waals surface area contributed by atoms with Crippen LogP contribution in [0.15, 0.2) is 29.6 Å². The lowest BCUT2D eigenvalue weighted by Gasteiger charge is -2.35. The molecule has 3 amide bonds. The normalized spacial score (nSPS) is 21.6. The molecule has 2 aromatic rings. The van der Waals surface area contributed by atoms with Crippen LogP contribution in [0.1, 0.15) is 55.3 Å². The van der Waals surface area contributed by atoms with Crippen LogP contribution in [0.3, 0.4) is 0 Å². The molecule has 36 heavy (non-hydrogen) atoms. The third-order valence-corrected chi connectivity index (χ3v) is 7.53. The van der Waals surface area contributed by atoms with Crippen LogP contribution in [0.5, 0.6) is 0 Å². The van der Waals surface area contributed by atoms with Gasteiger partial charge in [-0.3, -0.25) is 14.5 Å². The summed E-state index contributed by atoms with van der Waals surface area (Å²) in [6, 6.07) is 6.49. The van der Waals surface area contributed by atoms with Crippen molar-refractivity contribution in [3.63, 3.8) is 0 Å². The van der Waals surface area contributed by atoms with E-state index >= 15 is 0 Å². The predicted octanol–water partition coefficient (Wildman–Crippen LogP) is 3.99. The number of halogens is 1. The van der Waals surface area contributed by atoms with E-state index in [1.807, 2.05) is 6.07 Å². The average molecular weight is 513 g/mol. The van der Waals surface area contributed by atoms with Crippen molar-refractivity contribution >= 4 is 29.2 Å². The number of fused-ring (bicyclic) bond motifs is 2. The number of amides is 3. The first kappa shape index (κ1) is 25.6. The average Bonchev–Trinajstić information content (AvgIpc) is 3.54. The lowest BCUT2D eigenvalue weighted by atomic mass is 9.97. The Labute approximate surface area is 213 Å². The van der Waals surface area contributed by atoms with Crippen LogP contribution in [0.25, 0.3) is 11.1 Å². The lowest BCUT2D eigenvalue weighted by molar-refractivity contribution is -0.128. The first-order valence-electron chi connectivity index (χ1n) is 11.8. The van der Waals surface area contributed by atoms with Gasteiger partial charge in [0.15, 0.2) is 0 Å². The van der Waals surface area contributed by atoms with Crippen molar-refractivity contribution in [2.45, 2.75) is 70.2 Å². The fourth-order valence-corrected chi connectivity index (χ4v) is 5.79. The van der Waals surface area contributed by atoms with Crippen molar-refractivity contribution < 1.29 is 23.5 Å². The molecule has 4 atom stereocenters. The highest BCUT2D eigenvalue weighted by Gasteiger charge is 2.52. The van der Waals surface area contributed by atoms with E-state index in [1.54, 1.807) is 44.4 Å². The summed E-state index contributed by atoms with van der Waals surface area (Å²) in [5.74, 6) is -1.48. The topological polar surface area (TPSA) is 126 Å². The number of ether oxygens (including phenoxy) is 1. The minimum absolute atomic E-state index is 0.00813. The highest BCUT2D eigenvalue weighted by atomic mass is 32.1. The third kappa shape index (κ3) is 5.36. The molecule has 10 heteroatoms. The number of rotatable bonds is 6. The zero-order valence-corrected chi connectivity index (χ0v) is 21.2. The number of benzene rings is 1. The molecule has 4 rings (SSSR count). The number of nitrogens with one attached hydrogen (secondary N) is 1. The van der Waals surface area contributed by atoms with E-state index in [0.717, 1.165) is 19.3 Å². The molecular formula is C26H29FN4O4S. The fraction of sp³-hybridized carbons (Fsp3) is 0.462. The van der Waals surface area contributed by atoms with Crippen LogP contribution in [0, 0.1) is 23.1 Å². The van der Waals surface area contributed by atoms with Gasteiger partial charge in [0, 0.05) is 12.5 Å². The molecule has 8 nitrogen and oxygen atoms in total. The molecule has 0 unspecified atom stereocenters. The largest absolute Gasteiger partial charge is 0.444 e. The van der Waals surface area contributed by atoms with Gasteiger partial charge in [0.25, 0.3) is 5.91 Å². The van der Waals surface area contributed by atoms with E-state index in [1.165, 1.54) is 22.3 Å². The minimum Gasteiger partial charge on any atom is -0.444 e. The molecule has 190 valence electrons. The number of carbonyl (C=O) groups is 3. The molecule has 1 aromatic heterocycles. The Hall–Kier alpha value is -3.45. The van der Waals surface area contributed by atoms with Crippen molar-refractivity contribution in [3.8, 4) is 17.2 Å². The van der Waals surface area contributed by atoms with Gasteiger partial charge < -0.3 is 15.8 Å². The molecule has 1 aliphatic heterocycles. The monoisotopic (exact) mass is 512 g/mol. The summed E-state index contributed by atoms with van der Waals surface area (Å²) < 4.78 is 20.4. The molecule has 3 N–H and O–H groups in total. The molecule has 2 aliphatic rings. The molecule has 2 heterocycles. The van der Waals surface area contributed by atoms with Gasteiger partial charge in [0.1, 0.15) is 23.5 Å². The van der Waals surface area contributed by atoms with Crippen molar-refractivity contribution in [1.82, 2.24) is 10.2 Å². The van der Waals surface area contributed by atoms with Gasteiger partial charge in [0.05, 0.1) is 10.9 Å². The molecule has 2 bridgehead atoms. The van der Waals surface area contributed by atoms with E-state index in [2.05, 4.69) is 5.32 Å². The van der Waals surface area contributed by atoms with E-state index in [0.29, 0.717) is 16.0 Å². The summed E-state index contributed by atoms with van der Waals surface area (Å²) >= 11 is 1.18. The molecule has 2 fully saturated rings. The quantitative estimate of drug-likeness (QED) is 0.605. The van der Waals surface area contributed by atoms with Gasteiger partial charge in [-0.2, -0.15) is 5.26 Å². The van der Waals surface area contributed by atoms with Crippen LogP contribution < -0.4 is 11.1 Å². The molecule has 0 radical (unpaired) electrons. The molecule has 1 saturated carbocycles. The van der Waals surface area contributed by atoms with Gasteiger partial charge >= 0.3 is 6.09 Å². The van der Waals surface area contributed by atoms with E-state index in [9.17, 15) is 24.0 Å². The summed E-state index contributed by atoms with van der Waals surface area (Å²) in [5, 5.41) is 14.1. The van der Waals surface area contributed by atoms with Gasteiger partial charge in [-0.15, -0.1) is 11.3 Å². The van der Waals surface area contributed by atoms with E-state index in [4.69, 9.17) is 10.5 Å². The highest BCUT2D eigenvalue weighted by molar-refractivity contribution is 7.12. The second kappa shape index (κ2) is 9.90. The maximum absolute atomic E-state index is 14.9. The van der Waals surface area contributed by atoms with Crippen LogP contribution in [-0.4, -0.2) is 46.5 Å². The number of hydrogen-bond acceptors (Lipinski definition) is 6. The summed E-state index contributed by atoms with van der Waals surface area (Å²) in [4.78, 5) is 39.3. The number of carbonyl (C=O) groups excluding carboxylic acids is 3. The summed E-state index contributed by atoms with van der Waals surface area (Å²) in [6.07, 6.45) is 1.81. The number of nitriles is 1. The number of hydrogen-bond donors (Lipinski definition) is 2. The lowest BCUT2D eigenvalue weighted by Crippen LogP contribution is -2.55. The number of thiophene rings is 1. The second-order valence-electron chi connectivity index (χ2n) is 10.3. The summed E-state index contributed by atoms with van der Waals surface area (Å²) in [7, 11) is 0. The van der Waals surface area contributed by atoms with Crippen LogP contribution in [0.4, 0.5) is 9.18 Å². The Balaban J connectivity index is 1.45. The zero-order valence-electron chi connectivity index (χ0n) is 20.4. The van der Waals surface area contributed by atoms with Gasteiger partial charge in [-0.05, 0) is 80.2 Å². The van der Waals surface area contributed by atoms with Crippen molar-refractivity contribution in [2.75, 3.05) is 0 Å². The third-order valence-electron chi connectivity index (χ3n) is 6.58. The molecule has 0 spiro atoms. The number of piperidine rings is 1. The predicted molar refractivity (Wildman–Crippen MR) is 132 cm³/mol. The summed E-state index contributed by atoms with van der Waals surface area (Å²) in [6.45, 7) is 5.32. The van der Waals surface area contributed by atoms with Gasteiger partial charge in [-0.1, -0.05) is 12.1 Å². The molecule has 1 aromatic carbocycles. The zero-order chi connectivity index (χ0) is 26.2. The van der Waals surface area contributed by atoms with Gasteiger partial charge in [-0.25, -0.2) is 9.18 Å². The van der Waals surface area contributed by atoms with Crippen LogP contribution in [0.2, 0.25) is 0 Å². The van der Waals surface area contributed by atoms with Crippen LogP contribution >= 0.6 is 11.3 Å². The van der Waals surface area contributed by atoms with Crippen molar-refractivity contribution in [1.29, 1.82) is 5.26 Å². The maximum Gasteiger partial charge on any atom is 0.411 e. The minimum atomic E-state index is -0.972. The molecular weight excluding hydrogens is 483 g/mol. The van der Waals surface area contributed by atoms with E-state index < -0.39 is 41.4 Å². The molecule has 1 saturated heterocycles. The van der Waals surface area contributed by atoms with Crippen molar-refractivity contribution in [3.05, 3.63) is 45.9 Å². The Morgan fingerprint density at radius 3 is 2.64 bits per heavy atom. The first-order valence-corrected chi connectivity index (χ1v) is 12.7. The smallest absolute Gasteiger partial charge is 0.411 e.